The minimum atomic E-state index is -4.21. The number of benzene rings is 1. The Hall–Kier alpha value is -0.0700. The summed E-state index contributed by atoms with van der Waals surface area (Å²) >= 11 is 9.01. The van der Waals surface area contributed by atoms with Gasteiger partial charge in [0.2, 0.25) is 0 Å². The summed E-state index contributed by atoms with van der Waals surface area (Å²) in [4.78, 5) is 0. The van der Waals surface area contributed by atoms with Gasteiger partial charge in [0.05, 0.1) is 12.5 Å². The lowest BCUT2D eigenvalue weighted by Gasteiger charge is -2.14. The second-order valence-corrected chi connectivity index (χ2v) is 5.83. The number of hydrogen-bond acceptors (Lipinski definition) is 2. The van der Waals surface area contributed by atoms with E-state index in [0.29, 0.717) is 5.75 Å². The zero-order chi connectivity index (χ0) is 13.8. The van der Waals surface area contributed by atoms with Gasteiger partial charge >= 0.3 is 5.51 Å². The van der Waals surface area contributed by atoms with Gasteiger partial charge < -0.3 is 4.74 Å². The number of thioether (sulfide) groups is 1. The highest BCUT2D eigenvalue weighted by Crippen LogP contribution is 2.32. The molecule has 0 fully saturated rings. The molecule has 0 aliphatic carbocycles. The number of hydrogen-bond donors (Lipinski definition) is 0. The van der Waals surface area contributed by atoms with Gasteiger partial charge in [0.1, 0.15) is 5.75 Å². The third-order valence-electron chi connectivity index (χ3n) is 2.06. The molecule has 0 N–H and O–H groups in total. The van der Waals surface area contributed by atoms with Crippen LogP contribution in [0.1, 0.15) is 11.1 Å². The molecule has 1 nitrogen and oxygen atoms in total. The fraction of sp³-hybridized carbons (Fsp3) is 0.455. The second kappa shape index (κ2) is 6.91. The summed E-state index contributed by atoms with van der Waals surface area (Å²) in [6, 6.07) is 3.63. The van der Waals surface area contributed by atoms with Crippen LogP contribution in [0.2, 0.25) is 0 Å². The first-order valence-corrected chi connectivity index (χ1v) is 7.33. The SMILES string of the molecule is Cc1cc(Br)cc(CCl)c1OCCSC(F)(F)F. The van der Waals surface area contributed by atoms with Gasteiger partial charge in [-0.1, -0.05) is 15.9 Å². The highest BCUT2D eigenvalue weighted by Gasteiger charge is 2.27. The summed E-state index contributed by atoms with van der Waals surface area (Å²) in [5.41, 5.74) is -2.61. The van der Waals surface area contributed by atoms with Crippen LogP contribution >= 0.6 is 39.3 Å². The first-order chi connectivity index (χ1) is 8.33. The van der Waals surface area contributed by atoms with E-state index in [-0.39, 0.29) is 30.0 Å². The van der Waals surface area contributed by atoms with Gasteiger partial charge in [-0.15, -0.1) is 11.6 Å². The number of rotatable bonds is 5. The van der Waals surface area contributed by atoms with Crippen LogP contribution in [0.4, 0.5) is 13.2 Å². The van der Waals surface area contributed by atoms with Gasteiger partial charge in [-0.3, -0.25) is 0 Å². The minimum absolute atomic E-state index is 0.00343. The Morgan fingerprint density at radius 1 is 1.39 bits per heavy atom. The summed E-state index contributed by atoms with van der Waals surface area (Å²) in [5.74, 6) is 0.680. The quantitative estimate of drug-likeness (QED) is 0.530. The summed E-state index contributed by atoms with van der Waals surface area (Å²) < 4.78 is 42.1. The molecule has 1 rings (SSSR count). The van der Waals surface area contributed by atoms with Crippen LogP contribution in [0.3, 0.4) is 0 Å². The Kier molecular flexibility index (Phi) is 6.14. The standard InChI is InChI=1S/C11H11BrClF3OS/c1-7-4-9(12)5-8(6-13)10(7)17-2-3-18-11(14,15)16/h4-5H,2-3,6H2,1H3. The van der Waals surface area contributed by atoms with Crippen LogP contribution in [-0.2, 0) is 5.88 Å². The van der Waals surface area contributed by atoms with E-state index in [9.17, 15) is 13.2 Å². The van der Waals surface area contributed by atoms with Gasteiger partial charge in [0.25, 0.3) is 0 Å². The van der Waals surface area contributed by atoms with E-state index < -0.39 is 5.51 Å². The molecule has 0 unspecified atom stereocenters. The molecule has 0 heterocycles. The van der Waals surface area contributed by atoms with E-state index in [0.717, 1.165) is 15.6 Å². The molecular formula is C11H11BrClF3OS. The van der Waals surface area contributed by atoms with Gasteiger partial charge in [0, 0.05) is 15.8 Å². The summed E-state index contributed by atoms with van der Waals surface area (Å²) in [7, 11) is 0. The van der Waals surface area contributed by atoms with Crippen LogP contribution in [0, 0.1) is 6.92 Å². The summed E-state index contributed by atoms with van der Waals surface area (Å²) in [5, 5.41) is 0. The Morgan fingerprint density at radius 2 is 2.06 bits per heavy atom. The number of ether oxygens (including phenoxy) is 1. The maximum absolute atomic E-state index is 11.9. The third kappa shape index (κ3) is 5.28. The van der Waals surface area contributed by atoms with Crippen LogP contribution in [0.15, 0.2) is 16.6 Å². The van der Waals surface area contributed by atoms with Crippen molar-refractivity contribution in [3.8, 4) is 5.75 Å². The molecule has 0 saturated heterocycles. The van der Waals surface area contributed by atoms with Crippen LogP contribution in [0.25, 0.3) is 0 Å². The van der Waals surface area contributed by atoms with Gasteiger partial charge in [0.15, 0.2) is 0 Å². The van der Waals surface area contributed by atoms with E-state index in [1.54, 1.807) is 6.07 Å². The first-order valence-electron chi connectivity index (χ1n) is 5.02. The van der Waals surface area contributed by atoms with E-state index in [1.165, 1.54) is 0 Å². The average molecular weight is 364 g/mol. The topological polar surface area (TPSA) is 9.23 Å². The van der Waals surface area contributed by atoms with Gasteiger partial charge in [-0.25, -0.2) is 0 Å². The lowest BCUT2D eigenvalue weighted by atomic mass is 10.1. The summed E-state index contributed by atoms with van der Waals surface area (Å²) in [6.45, 7) is 1.82. The second-order valence-electron chi connectivity index (χ2n) is 3.49. The molecule has 0 atom stereocenters. The maximum atomic E-state index is 11.9. The van der Waals surface area contributed by atoms with Crippen molar-refractivity contribution in [1.82, 2.24) is 0 Å². The molecule has 1 aromatic rings. The molecule has 0 aliphatic rings. The Bertz CT molecular complexity index is 412. The van der Waals surface area contributed by atoms with Crippen LogP contribution in [0.5, 0.6) is 5.75 Å². The zero-order valence-corrected chi connectivity index (χ0v) is 12.6. The third-order valence-corrected chi connectivity index (χ3v) is 3.50. The normalized spacial score (nSPS) is 11.7. The van der Waals surface area contributed by atoms with Crippen molar-refractivity contribution in [2.24, 2.45) is 0 Å². The largest absolute Gasteiger partial charge is 0.492 e. The van der Waals surface area contributed by atoms with E-state index in [1.807, 2.05) is 13.0 Å². The number of aryl methyl sites for hydroxylation is 1. The molecule has 1 aromatic carbocycles. The fourth-order valence-electron chi connectivity index (χ4n) is 1.41. The zero-order valence-electron chi connectivity index (χ0n) is 9.48. The molecule has 102 valence electrons. The molecule has 0 aliphatic heterocycles. The molecule has 0 saturated carbocycles. The van der Waals surface area contributed by atoms with E-state index in [4.69, 9.17) is 16.3 Å². The fourth-order valence-corrected chi connectivity index (χ4v) is 2.62. The molecular weight excluding hydrogens is 353 g/mol. The lowest BCUT2D eigenvalue weighted by molar-refractivity contribution is -0.0329. The van der Waals surface area contributed by atoms with Gasteiger partial charge in [-0.05, 0) is 36.4 Å². The molecule has 7 heteroatoms. The highest BCUT2D eigenvalue weighted by atomic mass is 79.9. The van der Waals surface area contributed by atoms with Crippen molar-refractivity contribution >= 4 is 39.3 Å². The Morgan fingerprint density at radius 3 is 2.61 bits per heavy atom. The van der Waals surface area contributed by atoms with Crippen molar-refractivity contribution in [2.45, 2.75) is 18.3 Å². The monoisotopic (exact) mass is 362 g/mol. The molecule has 0 radical (unpaired) electrons. The predicted octanol–water partition coefficient (Wildman–Crippen LogP) is 5.13. The molecule has 18 heavy (non-hydrogen) atoms. The Balaban J connectivity index is 2.62. The number of alkyl halides is 4. The van der Waals surface area contributed by atoms with E-state index in [2.05, 4.69) is 15.9 Å². The molecule has 0 aromatic heterocycles. The van der Waals surface area contributed by atoms with Crippen molar-refractivity contribution in [3.05, 3.63) is 27.7 Å². The lowest BCUT2D eigenvalue weighted by Crippen LogP contribution is -2.08. The summed E-state index contributed by atoms with van der Waals surface area (Å²) in [6.07, 6.45) is 0. The minimum Gasteiger partial charge on any atom is -0.492 e. The average Bonchev–Trinajstić information content (AvgIpc) is 2.24. The Labute approximate surface area is 121 Å². The van der Waals surface area contributed by atoms with Crippen molar-refractivity contribution in [3.63, 3.8) is 0 Å². The van der Waals surface area contributed by atoms with E-state index >= 15 is 0 Å². The van der Waals surface area contributed by atoms with Crippen molar-refractivity contribution in [1.29, 1.82) is 0 Å². The smallest absolute Gasteiger partial charge is 0.441 e. The molecule has 0 amide bonds. The van der Waals surface area contributed by atoms with Crippen molar-refractivity contribution < 1.29 is 17.9 Å². The predicted molar refractivity (Wildman–Crippen MR) is 72.4 cm³/mol. The van der Waals surface area contributed by atoms with Gasteiger partial charge in [-0.2, -0.15) is 13.2 Å². The van der Waals surface area contributed by atoms with Crippen LogP contribution in [-0.4, -0.2) is 17.9 Å². The highest BCUT2D eigenvalue weighted by molar-refractivity contribution is 9.10. The maximum Gasteiger partial charge on any atom is 0.441 e. The molecule has 0 bridgehead atoms. The first kappa shape index (κ1) is 16.0. The van der Waals surface area contributed by atoms with Crippen LogP contribution < -0.4 is 4.74 Å². The number of halogens is 5. The molecule has 0 spiro atoms. The van der Waals surface area contributed by atoms with Crippen molar-refractivity contribution in [2.75, 3.05) is 12.4 Å².